The largest absolute Gasteiger partial charge is 0.388 e. The summed E-state index contributed by atoms with van der Waals surface area (Å²) >= 11 is 0. The molecule has 0 aromatic carbocycles. The molecule has 37 heavy (non-hydrogen) atoms. The van der Waals surface area contributed by atoms with Crippen molar-refractivity contribution in [3.8, 4) is 0 Å². The summed E-state index contributed by atoms with van der Waals surface area (Å²) in [4.78, 5) is 24.4. The molecule has 0 spiro atoms. The number of aliphatic hydroxyl groups is 1. The Balaban J connectivity index is 1.11. The van der Waals surface area contributed by atoms with Crippen molar-refractivity contribution < 1.29 is 13.5 Å². The maximum atomic E-state index is 13.1. The number of aromatic nitrogens is 3. The van der Waals surface area contributed by atoms with E-state index in [1.54, 1.807) is 32.4 Å². The fraction of sp³-hybridized carbons (Fsp3) is 0.720. The molecule has 2 aromatic rings. The molecule has 5 heterocycles. The van der Waals surface area contributed by atoms with Crippen LogP contribution in [0.5, 0.6) is 0 Å². The lowest BCUT2D eigenvalue weighted by molar-refractivity contribution is 0.0267. The molecule has 6 rings (SSSR count). The van der Waals surface area contributed by atoms with E-state index in [1.165, 1.54) is 18.9 Å². The van der Waals surface area contributed by atoms with Crippen LogP contribution in [0.1, 0.15) is 57.9 Å². The number of piperidine rings is 1. The van der Waals surface area contributed by atoms with Crippen LogP contribution in [-0.2, 0) is 10.2 Å². The van der Waals surface area contributed by atoms with E-state index in [1.807, 2.05) is 0 Å². The van der Waals surface area contributed by atoms with Crippen molar-refractivity contribution >= 4 is 27.2 Å². The second-order valence-corrected chi connectivity index (χ2v) is 13.2. The van der Waals surface area contributed by atoms with Gasteiger partial charge in [0.2, 0.25) is 5.95 Å². The maximum absolute atomic E-state index is 13.1. The summed E-state index contributed by atoms with van der Waals surface area (Å²) in [5, 5.41) is 15.0. The number of pyridine rings is 1. The van der Waals surface area contributed by atoms with Gasteiger partial charge in [-0.25, -0.2) is 4.98 Å². The van der Waals surface area contributed by atoms with Crippen LogP contribution in [-0.4, -0.2) is 98.5 Å². The Kier molecular flexibility index (Phi) is 6.51. The topological polar surface area (TPSA) is 124 Å². The first kappa shape index (κ1) is 25.2. The van der Waals surface area contributed by atoms with Gasteiger partial charge in [0.05, 0.1) is 11.6 Å². The summed E-state index contributed by atoms with van der Waals surface area (Å²) in [6.45, 7) is 6.06. The molecule has 2 aromatic heterocycles. The number of hydrogen-bond donors (Lipinski definition) is 2. The predicted molar refractivity (Wildman–Crippen MR) is 141 cm³/mol. The van der Waals surface area contributed by atoms with Crippen molar-refractivity contribution in [1.29, 1.82) is 0 Å². The van der Waals surface area contributed by atoms with Gasteiger partial charge in [-0.15, -0.1) is 0 Å². The van der Waals surface area contributed by atoms with Gasteiger partial charge in [0.25, 0.3) is 15.8 Å². The third kappa shape index (κ3) is 4.67. The highest BCUT2D eigenvalue weighted by Gasteiger charge is 2.43. The molecule has 4 fully saturated rings. The first-order chi connectivity index (χ1) is 17.7. The molecule has 0 unspecified atom stereocenters. The average Bonchev–Trinajstić information content (AvgIpc) is 3.48. The number of likely N-dealkylation sites (tertiary alicyclic amines) is 1. The Hall–Kier alpha value is -2.12. The van der Waals surface area contributed by atoms with E-state index in [0.717, 1.165) is 31.3 Å². The Labute approximate surface area is 217 Å². The molecule has 2 N–H and O–H groups in total. The zero-order valence-electron chi connectivity index (χ0n) is 21.4. The number of nitrogens with zero attached hydrogens (tertiary/aromatic N) is 6. The van der Waals surface area contributed by atoms with Gasteiger partial charge in [-0.1, -0.05) is 0 Å². The van der Waals surface area contributed by atoms with E-state index < -0.39 is 15.8 Å². The van der Waals surface area contributed by atoms with Crippen molar-refractivity contribution in [2.45, 2.75) is 75.6 Å². The van der Waals surface area contributed by atoms with Crippen molar-refractivity contribution in [2.75, 3.05) is 44.6 Å². The van der Waals surface area contributed by atoms with Crippen LogP contribution in [0, 0.1) is 0 Å². The molecule has 0 bridgehead atoms. The molecule has 1 saturated carbocycles. The third-order valence-electron chi connectivity index (χ3n) is 8.78. The van der Waals surface area contributed by atoms with E-state index in [4.69, 9.17) is 0 Å². The summed E-state index contributed by atoms with van der Waals surface area (Å²) in [6.07, 6.45) is 7.66. The van der Waals surface area contributed by atoms with E-state index in [0.29, 0.717) is 63.1 Å². The van der Waals surface area contributed by atoms with E-state index in [9.17, 15) is 18.3 Å². The lowest BCUT2D eigenvalue weighted by atomic mass is 10.00. The third-order valence-corrected chi connectivity index (χ3v) is 10.8. The van der Waals surface area contributed by atoms with Gasteiger partial charge in [0.15, 0.2) is 0 Å². The van der Waals surface area contributed by atoms with Crippen molar-refractivity contribution in [2.24, 2.45) is 0 Å². The van der Waals surface area contributed by atoms with Gasteiger partial charge in [-0.05, 0) is 71.0 Å². The normalized spacial score (nSPS) is 29.2. The molecule has 3 aliphatic heterocycles. The zero-order valence-corrected chi connectivity index (χ0v) is 22.2. The van der Waals surface area contributed by atoms with E-state index in [-0.39, 0.29) is 17.6 Å². The van der Waals surface area contributed by atoms with Gasteiger partial charge >= 0.3 is 0 Å². The standard InChI is InChI=1S/C25H37N7O4S/c1-25(34)10-4-5-21(25)32-22(33)7-6-18-15-26-24(28-23(18)32)27-19-8-13-30(14-9-19)37(35,36)31-16-20(17-31)29-11-2-3-12-29/h6-7,15,19-21,34H,2-5,8-14,16-17H2,1H3,(H,26,27,28)/t21-,25-/m1/s1. The van der Waals surface area contributed by atoms with Gasteiger partial charge in [0, 0.05) is 55.9 Å². The van der Waals surface area contributed by atoms with Gasteiger partial charge in [-0.2, -0.15) is 22.0 Å². The fourth-order valence-corrected chi connectivity index (χ4v) is 8.19. The van der Waals surface area contributed by atoms with Crippen molar-refractivity contribution in [3.05, 3.63) is 28.7 Å². The number of rotatable bonds is 6. The Morgan fingerprint density at radius 3 is 2.43 bits per heavy atom. The lowest BCUT2D eigenvalue weighted by Gasteiger charge is -2.45. The molecular formula is C25H37N7O4S. The Morgan fingerprint density at radius 2 is 1.76 bits per heavy atom. The zero-order chi connectivity index (χ0) is 25.8. The molecule has 12 heteroatoms. The molecule has 0 radical (unpaired) electrons. The summed E-state index contributed by atoms with van der Waals surface area (Å²) in [7, 11) is -3.42. The molecule has 202 valence electrons. The molecule has 3 saturated heterocycles. The molecule has 11 nitrogen and oxygen atoms in total. The quantitative estimate of drug-likeness (QED) is 0.569. The summed E-state index contributed by atoms with van der Waals surface area (Å²) in [5.74, 6) is 0.419. The van der Waals surface area contributed by atoms with Crippen LogP contribution in [0.4, 0.5) is 5.95 Å². The smallest absolute Gasteiger partial charge is 0.282 e. The summed E-state index contributed by atoms with van der Waals surface area (Å²) in [6, 6.07) is 3.30. The molecule has 0 amide bonds. The number of hydrogen-bond acceptors (Lipinski definition) is 8. The minimum Gasteiger partial charge on any atom is -0.388 e. The van der Waals surface area contributed by atoms with Crippen LogP contribution in [0.3, 0.4) is 0 Å². The molecule has 1 aliphatic carbocycles. The van der Waals surface area contributed by atoms with Gasteiger partial charge in [0.1, 0.15) is 5.65 Å². The molecule has 2 atom stereocenters. The maximum Gasteiger partial charge on any atom is 0.282 e. The highest BCUT2D eigenvalue weighted by molar-refractivity contribution is 7.86. The van der Waals surface area contributed by atoms with Crippen LogP contribution in [0.25, 0.3) is 11.0 Å². The van der Waals surface area contributed by atoms with Crippen LogP contribution >= 0.6 is 0 Å². The molecule has 4 aliphatic rings. The molecular weight excluding hydrogens is 494 g/mol. The highest BCUT2D eigenvalue weighted by atomic mass is 32.2. The van der Waals surface area contributed by atoms with Crippen LogP contribution in [0.15, 0.2) is 23.1 Å². The fourth-order valence-electron chi connectivity index (χ4n) is 6.47. The van der Waals surface area contributed by atoms with Gasteiger partial charge < -0.3 is 10.4 Å². The van der Waals surface area contributed by atoms with Crippen molar-refractivity contribution in [3.63, 3.8) is 0 Å². The minimum atomic E-state index is -3.42. The Morgan fingerprint density at radius 1 is 1.03 bits per heavy atom. The SMILES string of the molecule is C[C@@]1(O)CCC[C@H]1n1c(=O)ccc2cnc(NC3CCN(S(=O)(=O)N4CC(N5CCCC5)C4)CC3)nc21. The van der Waals surface area contributed by atoms with Crippen molar-refractivity contribution in [1.82, 2.24) is 28.0 Å². The van der Waals surface area contributed by atoms with Crippen LogP contribution in [0.2, 0.25) is 0 Å². The number of anilines is 1. The predicted octanol–water partition coefficient (Wildman–Crippen LogP) is 1.17. The van der Waals surface area contributed by atoms with Gasteiger partial charge in [-0.3, -0.25) is 14.3 Å². The monoisotopic (exact) mass is 531 g/mol. The highest BCUT2D eigenvalue weighted by Crippen LogP contribution is 2.39. The second kappa shape index (κ2) is 9.57. The Bertz CT molecular complexity index is 1310. The second-order valence-electron chi connectivity index (χ2n) is 11.3. The van der Waals surface area contributed by atoms with E-state index in [2.05, 4.69) is 20.2 Å². The van der Waals surface area contributed by atoms with E-state index >= 15 is 0 Å². The summed E-state index contributed by atoms with van der Waals surface area (Å²) < 4.78 is 31.1. The summed E-state index contributed by atoms with van der Waals surface area (Å²) in [5.41, 5.74) is -0.622. The minimum absolute atomic E-state index is 0.0381. The van der Waals surface area contributed by atoms with Crippen LogP contribution < -0.4 is 10.9 Å². The first-order valence-electron chi connectivity index (χ1n) is 13.6. The number of nitrogens with one attached hydrogen (secondary N) is 1. The average molecular weight is 532 g/mol. The first-order valence-corrected chi connectivity index (χ1v) is 15.0. The number of fused-ring (bicyclic) bond motifs is 1. The lowest BCUT2D eigenvalue weighted by Crippen LogP contribution is -2.63.